The number of benzene rings is 1. The molecule has 2 aromatic rings. The first kappa shape index (κ1) is 10.6. The van der Waals surface area contributed by atoms with Gasteiger partial charge in [0.15, 0.2) is 6.29 Å². The van der Waals surface area contributed by atoms with Crippen molar-refractivity contribution in [3.63, 3.8) is 0 Å². The molecule has 2 rings (SSSR count). The van der Waals surface area contributed by atoms with Crippen LogP contribution in [0.2, 0.25) is 0 Å². The first-order chi connectivity index (χ1) is 7.63. The highest BCUT2D eigenvalue weighted by Crippen LogP contribution is 2.26. The van der Waals surface area contributed by atoms with Gasteiger partial charge in [-0.05, 0) is 25.0 Å². The predicted octanol–water partition coefficient (Wildman–Crippen LogP) is 2.52. The molecule has 0 bridgehead atoms. The van der Waals surface area contributed by atoms with Gasteiger partial charge in [0.2, 0.25) is 0 Å². The summed E-state index contributed by atoms with van der Waals surface area (Å²) in [6, 6.07) is 6.04. The highest BCUT2D eigenvalue weighted by molar-refractivity contribution is 5.86. The summed E-state index contributed by atoms with van der Waals surface area (Å²) in [7, 11) is 1.82. The minimum absolute atomic E-state index is 0.635. The van der Waals surface area contributed by atoms with E-state index in [1.54, 1.807) is 10.9 Å². The Balaban J connectivity index is 2.66. The van der Waals surface area contributed by atoms with Crippen molar-refractivity contribution in [2.75, 3.05) is 0 Å². The van der Waals surface area contributed by atoms with Crippen LogP contribution in [0.25, 0.3) is 11.3 Å². The molecule has 0 radical (unpaired) electrons. The zero-order valence-electron chi connectivity index (χ0n) is 9.69. The van der Waals surface area contributed by atoms with E-state index in [-0.39, 0.29) is 0 Å². The lowest BCUT2D eigenvalue weighted by Crippen LogP contribution is -1.92. The van der Waals surface area contributed by atoms with E-state index in [1.165, 1.54) is 11.1 Å². The number of rotatable bonds is 2. The molecule has 3 nitrogen and oxygen atoms in total. The average molecular weight is 214 g/mol. The molecular formula is C13H14N2O. The molecule has 0 saturated heterocycles. The third-order valence-corrected chi connectivity index (χ3v) is 2.84. The Labute approximate surface area is 94.7 Å². The van der Waals surface area contributed by atoms with Gasteiger partial charge in [-0.3, -0.25) is 9.48 Å². The Morgan fingerprint density at radius 1 is 1.31 bits per heavy atom. The van der Waals surface area contributed by atoms with Gasteiger partial charge < -0.3 is 0 Å². The first-order valence-electron chi connectivity index (χ1n) is 5.19. The van der Waals surface area contributed by atoms with Gasteiger partial charge in [0.25, 0.3) is 0 Å². The second-order valence-corrected chi connectivity index (χ2v) is 3.97. The molecule has 0 aliphatic rings. The van der Waals surface area contributed by atoms with Crippen LogP contribution in [-0.2, 0) is 7.05 Å². The van der Waals surface area contributed by atoms with E-state index in [2.05, 4.69) is 18.1 Å². The van der Waals surface area contributed by atoms with E-state index >= 15 is 0 Å². The summed E-state index contributed by atoms with van der Waals surface area (Å²) in [5.74, 6) is 0. The quantitative estimate of drug-likeness (QED) is 0.720. The van der Waals surface area contributed by atoms with Crippen molar-refractivity contribution < 1.29 is 4.79 Å². The van der Waals surface area contributed by atoms with Gasteiger partial charge in [-0.25, -0.2) is 0 Å². The number of nitrogens with zero attached hydrogens (tertiary/aromatic N) is 2. The number of aromatic nitrogens is 2. The normalized spacial score (nSPS) is 10.4. The van der Waals surface area contributed by atoms with Gasteiger partial charge in [-0.1, -0.05) is 18.2 Å². The zero-order valence-corrected chi connectivity index (χ0v) is 9.69. The minimum Gasteiger partial charge on any atom is -0.298 e. The maximum absolute atomic E-state index is 11.0. The summed E-state index contributed by atoms with van der Waals surface area (Å²) >= 11 is 0. The van der Waals surface area contributed by atoms with Crippen LogP contribution in [0, 0.1) is 13.8 Å². The summed E-state index contributed by atoms with van der Waals surface area (Å²) in [4.78, 5) is 11.0. The lowest BCUT2D eigenvalue weighted by Gasteiger charge is -2.06. The van der Waals surface area contributed by atoms with E-state index in [0.29, 0.717) is 5.56 Å². The standard InChI is InChI=1S/C13H14N2O/c1-9-5-4-6-12(10(9)2)13-11(8-16)7-15(3)14-13/h4-8H,1-3H3. The van der Waals surface area contributed by atoms with Crippen LogP contribution in [0.5, 0.6) is 0 Å². The number of hydrogen-bond acceptors (Lipinski definition) is 2. The number of aryl methyl sites for hydroxylation is 2. The maximum atomic E-state index is 11.0. The molecule has 0 atom stereocenters. The summed E-state index contributed by atoms with van der Waals surface area (Å²) in [6.07, 6.45) is 2.59. The number of hydrogen-bond donors (Lipinski definition) is 0. The van der Waals surface area contributed by atoms with Crippen molar-refractivity contribution >= 4 is 6.29 Å². The van der Waals surface area contributed by atoms with Crippen LogP contribution in [0.4, 0.5) is 0 Å². The summed E-state index contributed by atoms with van der Waals surface area (Å²) in [5, 5.41) is 4.34. The van der Waals surface area contributed by atoms with E-state index in [4.69, 9.17) is 0 Å². The fourth-order valence-corrected chi connectivity index (χ4v) is 1.81. The van der Waals surface area contributed by atoms with E-state index in [1.807, 2.05) is 26.1 Å². The van der Waals surface area contributed by atoms with Crippen molar-refractivity contribution in [2.45, 2.75) is 13.8 Å². The third kappa shape index (κ3) is 1.65. The molecule has 0 aliphatic carbocycles. The van der Waals surface area contributed by atoms with E-state index in [0.717, 1.165) is 17.5 Å². The molecule has 1 aromatic heterocycles. The number of aldehydes is 1. The van der Waals surface area contributed by atoms with Crippen molar-refractivity contribution in [3.05, 3.63) is 41.1 Å². The van der Waals surface area contributed by atoms with Crippen LogP contribution in [-0.4, -0.2) is 16.1 Å². The third-order valence-electron chi connectivity index (χ3n) is 2.84. The van der Waals surface area contributed by atoms with Crippen molar-refractivity contribution in [1.82, 2.24) is 9.78 Å². The van der Waals surface area contributed by atoms with Gasteiger partial charge in [0.1, 0.15) is 5.69 Å². The lowest BCUT2D eigenvalue weighted by atomic mass is 9.99. The van der Waals surface area contributed by atoms with Crippen LogP contribution in [0.15, 0.2) is 24.4 Å². The second-order valence-electron chi connectivity index (χ2n) is 3.97. The predicted molar refractivity (Wildman–Crippen MR) is 63.5 cm³/mol. The van der Waals surface area contributed by atoms with Crippen molar-refractivity contribution in [1.29, 1.82) is 0 Å². The largest absolute Gasteiger partial charge is 0.298 e. The van der Waals surface area contributed by atoms with Gasteiger partial charge in [0, 0.05) is 18.8 Å². The van der Waals surface area contributed by atoms with Gasteiger partial charge in [-0.2, -0.15) is 5.10 Å². The molecule has 1 heterocycles. The lowest BCUT2D eigenvalue weighted by molar-refractivity contribution is 0.112. The molecule has 1 aromatic carbocycles. The molecule has 16 heavy (non-hydrogen) atoms. The highest BCUT2D eigenvalue weighted by atomic mass is 16.1. The molecule has 0 N–H and O–H groups in total. The van der Waals surface area contributed by atoms with E-state index < -0.39 is 0 Å². The Morgan fingerprint density at radius 3 is 2.75 bits per heavy atom. The first-order valence-corrected chi connectivity index (χ1v) is 5.19. The summed E-state index contributed by atoms with van der Waals surface area (Å²) < 4.78 is 1.67. The Hall–Kier alpha value is -1.90. The number of carbonyl (C=O) groups excluding carboxylic acids is 1. The van der Waals surface area contributed by atoms with Gasteiger partial charge >= 0.3 is 0 Å². The fourth-order valence-electron chi connectivity index (χ4n) is 1.81. The fraction of sp³-hybridized carbons (Fsp3) is 0.231. The molecule has 3 heteroatoms. The zero-order chi connectivity index (χ0) is 11.7. The molecule has 0 aliphatic heterocycles. The number of carbonyl (C=O) groups is 1. The molecule has 0 spiro atoms. The molecule has 0 fully saturated rings. The maximum Gasteiger partial charge on any atom is 0.153 e. The topological polar surface area (TPSA) is 34.9 Å². The summed E-state index contributed by atoms with van der Waals surface area (Å²) in [6.45, 7) is 4.11. The van der Waals surface area contributed by atoms with Crippen LogP contribution in [0.1, 0.15) is 21.5 Å². The molecule has 82 valence electrons. The Kier molecular flexibility index (Phi) is 2.60. The average Bonchev–Trinajstić information content (AvgIpc) is 2.63. The van der Waals surface area contributed by atoms with Crippen molar-refractivity contribution in [3.8, 4) is 11.3 Å². The van der Waals surface area contributed by atoms with Gasteiger partial charge in [-0.15, -0.1) is 0 Å². The highest BCUT2D eigenvalue weighted by Gasteiger charge is 2.12. The van der Waals surface area contributed by atoms with Crippen molar-refractivity contribution in [2.24, 2.45) is 7.05 Å². The Bertz CT molecular complexity index is 541. The summed E-state index contributed by atoms with van der Waals surface area (Å²) in [5.41, 5.74) is 4.81. The molecule has 0 amide bonds. The molecule has 0 unspecified atom stereocenters. The second kappa shape index (κ2) is 3.93. The van der Waals surface area contributed by atoms with Crippen LogP contribution >= 0.6 is 0 Å². The Morgan fingerprint density at radius 2 is 2.06 bits per heavy atom. The molecule has 0 saturated carbocycles. The van der Waals surface area contributed by atoms with E-state index in [9.17, 15) is 4.79 Å². The smallest absolute Gasteiger partial charge is 0.153 e. The monoisotopic (exact) mass is 214 g/mol. The SMILES string of the molecule is Cc1cccc(-c2nn(C)cc2C=O)c1C. The van der Waals surface area contributed by atoms with Gasteiger partial charge in [0.05, 0.1) is 5.56 Å². The van der Waals surface area contributed by atoms with Crippen LogP contribution < -0.4 is 0 Å². The van der Waals surface area contributed by atoms with Crippen LogP contribution in [0.3, 0.4) is 0 Å². The minimum atomic E-state index is 0.635. The molecular weight excluding hydrogens is 200 g/mol.